The van der Waals surface area contributed by atoms with E-state index >= 15 is 0 Å². The summed E-state index contributed by atoms with van der Waals surface area (Å²) in [4.78, 5) is 52.5. The summed E-state index contributed by atoms with van der Waals surface area (Å²) >= 11 is 0. The van der Waals surface area contributed by atoms with Crippen LogP contribution >= 0.6 is 0 Å². The number of nitrogens with two attached hydrogens (primary N) is 1. The fourth-order valence-electron chi connectivity index (χ4n) is 5.69. The topological polar surface area (TPSA) is 133 Å². The van der Waals surface area contributed by atoms with Crippen molar-refractivity contribution in [1.29, 1.82) is 0 Å². The molecule has 2 fully saturated rings. The highest BCUT2D eigenvalue weighted by Gasteiger charge is 2.33. The smallest absolute Gasteiger partial charge is 0.331 e. The number of aromatic nitrogens is 5. The maximum Gasteiger partial charge on any atom is 0.331 e. The number of fused-ring (bicyclic) bond motifs is 2. The first-order valence-corrected chi connectivity index (χ1v) is 13.7. The fourth-order valence-corrected chi connectivity index (χ4v) is 5.69. The zero-order valence-electron chi connectivity index (χ0n) is 22.4. The van der Waals surface area contributed by atoms with Gasteiger partial charge in [-0.1, -0.05) is 18.2 Å². The molecule has 39 heavy (non-hydrogen) atoms. The minimum Gasteiger partial charge on any atom is -0.356 e. The molecule has 0 bridgehead atoms. The van der Waals surface area contributed by atoms with Crippen molar-refractivity contribution in [3.05, 3.63) is 62.7 Å². The number of anilines is 1. The maximum atomic E-state index is 14.1. The summed E-state index contributed by atoms with van der Waals surface area (Å²) in [5.41, 5.74) is 7.13. The van der Waals surface area contributed by atoms with Crippen LogP contribution in [0.1, 0.15) is 48.8 Å². The molecule has 1 atom stereocenters. The molecule has 11 heteroatoms. The van der Waals surface area contributed by atoms with E-state index in [4.69, 9.17) is 5.73 Å². The molecule has 11 nitrogen and oxygen atoms in total. The van der Waals surface area contributed by atoms with Gasteiger partial charge in [0.15, 0.2) is 0 Å². The second-order valence-corrected chi connectivity index (χ2v) is 10.7. The number of aryl methyl sites for hydroxylation is 2. The first kappa shape index (κ1) is 25.3. The number of benzene rings is 1. The molecule has 0 spiro atoms. The summed E-state index contributed by atoms with van der Waals surface area (Å²) in [6.07, 6.45) is 5.69. The fraction of sp³-hybridized carbons (Fsp3) is 0.464. The van der Waals surface area contributed by atoms with Crippen molar-refractivity contribution < 1.29 is 4.79 Å². The van der Waals surface area contributed by atoms with E-state index in [2.05, 4.69) is 20.2 Å². The van der Waals surface area contributed by atoms with Crippen LogP contribution in [0, 0.1) is 5.92 Å². The molecule has 1 aliphatic heterocycles. The summed E-state index contributed by atoms with van der Waals surface area (Å²) in [6.45, 7) is 4.20. The van der Waals surface area contributed by atoms with Crippen molar-refractivity contribution in [2.45, 2.75) is 51.7 Å². The third-order valence-electron chi connectivity index (χ3n) is 7.90. The van der Waals surface area contributed by atoms with Gasteiger partial charge in [0, 0.05) is 50.9 Å². The van der Waals surface area contributed by atoms with Crippen LogP contribution in [0.25, 0.3) is 21.9 Å². The van der Waals surface area contributed by atoms with E-state index in [0.717, 1.165) is 47.7 Å². The number of hydrogen-bond donors (Lipinski definition) is 2. The lowest BCUT2D eigenvalue weighted by atomic mass is 10.1. The Hall–Kier alpha value is -3.99. The maximum absolute atomic E-state index is 14.1. The number of hydrogen-bond acceptors (Lipinski definition) is 7. The summed E-state index contributed by atoms with van der Waals surface area (Å²) in [7, 11) is 1.62. The van der Waals surface area contributed by atoms with Crippen LogP contribution in [0.4, 0.5) is 5.82 Å². The van der Waals surface area contributed by atoms with Gasteiger partial charge < -0.3 is 20.5 Å². The molecular weight excluding hydrogens is 496 g/mol. The van der Waals surface area contributed by atoms with E-state index < -0.39 is 11.2 Å². The predicted molar refractivity (Wildman–Crippen MR) is 150 cm³/mol. The molecule has 4 aromatic rings. The third-order valence-corrected chi connectivity index (χ3v) is 7.90. The molecule has 2 aliphatic rings. The molecule has 3 N–H and O–H groups in total. The summed E-state index contributed by atoms with van der Waals surface area (Å²) in [5, 5.41) is 3.94. The highest BCUT2D eigenvalue weighted by Crippen LogP contribution is 2.33. The van der Waals surface area contributed by atoms with Gasteiger partial charge >= 0.3 is 5.69 Å². The highest BCUT2D eigenvalue weighted by molar-refractivity contribution is 6.11. The van der Waals surface area contributed by atoms with Gasteiger partial charge in [-0.2, -0.15) is 0 Å². The van der Waals surface area contributed by atoms with Crippen LogP contribution in [0.5, 0.6) is 0 Å². The van der Waals surface area contributed by atoms with Crippen molar-refractivity contribution in [2.24, 2.45) is 18.7 Å². The zero-order chi connectivity index (χ0) is 27.3. The molecule has 1 saturated heterocycles. The lowest BCUT2D eigenvalue weighted by molar-refractivity contribution is 0.0953. The van der Waals surface area contributed by atoms with Crippen molar-refractivity contribution in [2.75, 3.05) is 24.5 Å². The largest absolute Gasteiger partial charge is 0.356 e. The van der Waals surface area contributed by atoms with Crippen molar-refractivity contribution in [1.82, 2.24) is 29.0 Å². The van der Waals surface area contributed by atoms with Gasteiger partial charge in [0.25, 0.3) is 11.5 Å². The van der Waals surface area contributed by atoms with Gasteiger partial charge in [0.2, 0.25) is 0 Å². The number of carbonyl (C=O) groups excluding carboxylic acids is 1. The summed E-state index contributed by atoms with van der Waals surface area (Å²) < 4.78 is 4.46. The van der Waals surface area contributed by atoms with Gasteiger partial charge in [-0.15, -0.1) is 0 Å². The number of rotatable bonds is 7. The minimum absolute atomic E-state index is 0.0324. The Morgan fingerprint density at radius 1 is 1.13 bits per heavy atom. The van der Waals surface area contributed by atoms with Gasteiger partial charge in [-0.25, -0.2) is 14.8 Å². The van der Waals surface area contributed by atoms with Crippen LogP contribution in [0.2, 0.25) is 0 Å². The molecular formula is C28H34N8O3. The summed E-state index contributed by atoms with van der Waals surface area (Å²) in [5.74, 6) is 1.25. The lowest BCUT2D eigenvalue weighted by Gasteiger charge is -2.33. The molecule has 1 aliphatic carbocycles. The Bertz CT molecular complexity index is 1700. The Labute approximate surface area is 225 Å². The molecule has 1 amide bonds. The van der Waals surface area contributed by atoms with E-state index in [0.29, 0.717) is 53.8 Å². The SMILES string of the molecule is CCn1c(N2CCC[C@@H](N)C2)c(C(=O)NCC2CC2)c2c1c(=O)n(Cc1ncc3ccccc3n1)c(=O)n2C. The average Bonchev–Trinajstić information content (AvgIpc) is 3.71. The highest BCUT2D eigenvalue weighted by atomic mass is 16.2. The predicted octanol–water partition coefficient (Wildman–Crippen LogP) is 1.58. The number of piperidine rings is 1. The molecule has 0 radical (unpaired) electrons. The number of nitrogens with one attached hydrogen (secondary N) is 1. The van der Waals surface area contributed by atoms with E-state index in [-0.39, 0.29) is 18.5 Å². The van der Waals surface area contributed by atoms with Gasteiger partial charge in [-0.05, 0) is 44.6 Å². The van der Waals surface area contributed by atoms with E-state index in [1.165, 1.54) is 4.57 Å². The number of amides is 1. The first-order valence-electron chi connectivity index (χ1n) is 13.7. The molecule has 1 aromatic carbocycles. The Kier molecular flexibility index (Phi) is 6.46. The Morgan fingerprint density at radius 3 is 2.67 bits per heavy atom. The monoisotopic (exact) mass is 530 g/mol. The van der Waals surface area contributed by atoms with Gasteiger partial charge in [0.1, 0.15) is 22.7 Å². The molecule has 0 unspecified atom stereocenters. The standard InChI is InChI=1S/C28H34N8O3/c1-3-35-24-23(22(25(37)31-13-17-10-11-17)26(35)34-12-6-8-19(29)15-34)33(2)28(39)36(27(24)38)16-21-30-14-18-7-4-5-9-20(18)32-21/h4-5,7,9,14,17,19H,3,6,8,10-13,15-16,29H2,1-2H3,(H,31,37)/t19-/m1/s1. The van der Waals surface area contributed by atoms with E-state index in [1.807, 2.05) is 35.8 Å². The second-order valence-electron chi connectivity index (χ2n) is 10.7. The molecule has 1 saturated carbocycles. The zero-order valence-corrected chi connectivity index (χ0v) is 22.4. The Morgan fingerprint density at radius 2 is 1.92 bits per heavy atom. The van der Waals surface area contributed by atoms with Crippen LogP contribution in [0.15, 0.2) is 40.1 Å². The van der Waals surface area contributed by atoms with Crippen LogP contribution in [0.3, 0.4) is 0 Å². The molecule has 204 valence electrons. The van der Waals surface area contributed by atoms with Crippen molar-refractivity contribution in [3.8, 4) is 0 Å². The quantitative estimate of drug-likeness (QED) is 0.371. The first-order chi connectivity index (χ1) is 18.9. The normalized spacial score (nSPS) is 17.7. The minimum atomic E-state index is -0.518. The second kappa shape index (κ2) is 9.96. The molecule has 3 aromatic heterocycles. The number of nitrogens with zero attached hydrogens (tertiary/aromatic N) is 6. The van der Waals surface area contributed by atoms with E-state index in [9.17, 15) is 14.4 Å². The van der Waals surface area contributed by atoms with Crippen LogP contribution in [-0.4, -0.2) is 55.3 Å². The average molecular weight is 531 g/mol. The Balaban J connectivity index is 1.54. The van der Waals surface area contributed by atoms with E-state index in [1.54, 1.807) is 13.2 Å². The van der Waals surface area contributed by atoms with Crippen LogP contribution in [-0.2, 0) is 20.1 Å². The van der Waals surface area contributed by atoms with Gasteiger partial charge in [0.05, 0.1) is 17.6 Å². The molecule has 4 heterocycles. The van der Waals surface area contributed by atoms with Crippen LogP contribution < -0.4 is 27.2 Å². The van der Waals surface area contributed by atoms with Crippen molar-refractivity contribution in [3.63, 3.8) is 0 Å². The van der Waals surface area contributed by atoms with Gasteiger partial charge in [-0.3, -0.25) is 18.7 Å². The lowest BCUT2D eigenvalue weighted by Crippen LogP contribution is -2.44. The van der Waals surface area contributed by atoms with Crippen molar-refractivity contribution >= 4 is 33.7 Å². The summed E-state index contributed by atoms with van der Waals surface area (Å²) in [6, 6.07) is 7.54. The number of para-hydroxylation sites is 1. The number of carbonyl (C=O) groups is 1. The third kappa shape index (κ3) is 4.50. The molecule has 6 rings (SSSR count).